The number of ether oxygens (including phenoxy) is 2. The van der Waals surface area contributed by atoms with E-state index in [2.05, 4.69) is 20.4 Å². The predicted molar refractivity (Wildman–Crippen MR) is 164 cm³/mol. The fourth-order valence-electron chi connectivity index (χ4n) is 5.39. The first-order chi connectivity index (χ1) is 19.8. The van der Waals surface area contributed by atoms with E-state index in [1.165, 1.54) is 51.0 Å². The quantitative estimate of drug-likeness (QED) is 0.0667. The lowest BCUT2D eigenvalue weighted by Gasteiger charge is -2.21. The Kier molecular flexibility index (Phi) is 20.7. The summed E-state index contributed by atoms with van der Waals surface area (Å²) in [5.41, 5.74) is 0. The molecular formula is C34H57NO6. The SMILES string of the molecule is C=CC(=O)N1C[C@H](OC(=O)CC(CC(=O)/C=C\CCCCCCCC)CC(=O)OCCCCCCCC)C[C@H]1CC. The lowest BCUT2D eigenvalue weighted by molar-refractivity contribution is -0.151. The Hall–Kier alpha value is -2.44. The molecule has 0 saturated carbocycles. The molecule has 0 N–H and O–H groups in total. The molecule has 7 nitrogen and oxygen atoms in total. The van der Waals surface area contributed by atoms with Crippen LogP contribution in [0.25, 0.3) is 0 Å². The van der Waals surface area contributed by atoms with Gasteiger partial charge in [0.15, 0.2) is 5.78 Å². The van der Waals surface area contributed by atoms with Crippen LogP contribution in [-0.4, -0.2) is 53.8 Å². The number of amides is 1. The maximum Gasteiger partial charge on any atom is 0.306 e. The maximum atomic E-state index is 12.9. The molecule has 0 spiro atoms. The highest BCUT2D eigenvalue weighted by atomic mass is 16.5. The van der Waals surface area contributed by atoms with Gasteiger partial charge in [-0.3, -0.25) is 19.2 Å². The second-order valence-electron chi connectivity index (χ2n) is 11.5. The average Bonchev–Trinajstić information content (AvgIpc) is 3.36. The van der Waals surface area contributed by atoms with Crippen LogP contribution in [0.5, 0.6) is 0 Å². The van der Waals surface area contributed by atoms with Crippen LogP contribution >= 0.6 is 0 Å². The number of hydrogen-bond donors (Lipinski definition) is 0. The molecular weight excluding hydrogens is 518 g/mol. The molecule has 1 amide bonds. The van der Waals surface area contributed by atoms with Gasteiger partial charge in [0.1, 0.15) is 6.10 Å². The zero-order valence-electron chi connectivity index (χ0n) is 26.2. The predicted octanol–water partition coefficient (Wildman–Crippen LogP) is 7.66. The van der Waals surface area contributed by atoms with Gasteiger partial charge in [-0.05, 0) is 43.8 Å². The number of ketones is 1. The van der Waals surface area contributed by atoms with Crippen molar-refractivity contribution in [1.29, 1.82) is 0 Å². The third-order valence-electron chi connectivity index (χ3n) is 7.79. The molecule has 1 heterocycles. The summed E-state index contributed by atoms with van der Waals surface area (Å²) in [6, 6.07) is 0.00408. The molecule has 0 aromatic heterocycles. The molecule has 41 heavy (non-hydrogen) atoms. The monoisotopic (exact) mass is 575 g/mol. The van der Waals surface area contributed by atoms with Crippen molar-refractivity contribution < 1.29 is 28.7 Å². The molecule has 1 rings (SSSR count). The third-order valence-corrected chi connectivity index (χ3v) is 7.79. The van der Waals surface area contributed by atoms with Crippen LogP contribution in [0.2, 0.25) is 0 Å². The van der Waals surface area contributed by atoms with E-state index in [4.69, 9.17) is 9.47 Å². The molecule has 0 radical (unpaired) electrons. The molecule has 3 atom stereocenters. The minimum atomic E-state index is -0.486. The highest BCUT2D eigenvalue weighted by molar-refractivity contribution is 5.90. The van der Waals surface area contributed by atoms with E-state index in [9.17, 15) is 19.2 Å². The Labute approximate surface area is 249 Å². The Morgan fingerprint density at radius 2 is 1.44 bits per heavy atom. The number of carbonyl (C=O) groups is 4. The Morgan fingerprint density at radius 3 is 2.07 bits per heavy atom. The zero-order chi connectivity index (χ0) is 30.3. The van der Waals surface area contributed by atoms with Gasteiger partial charge in [0.05, 0.1) is 13.2 Å². The largest absolute Gasteiger partial charge is 0.466 e. The number of unbranched alkanes of at least 4 members (excludes halogenated alkanes) is 11. The highest BCUT2D eigenvalue weighted by Gasteiger charge is 2.35. The third kappa shape index (κ3) is 17.2. The van der Waals surface area contributed by atoms with E-state index in [0.717, 1.165) is 44.9 Å². The summed E-state index contributed by atoms with van der Waals surface area (Å²) in [5.74, 6) is -1.57. The first kappa shape index (κ1) is 36.6. The minimum Gasteiger partial charge on any atom is -0.466 e. The van der Waals surface area contributed by atoms with Crippen molar-refractivity contribution in [3.63, 3.8) is 0 Å². The van der Waals surface area contributed by atoms with Gasteiger partial charge in [-0.25, -0.2) is 0 Å². The van der Waals surface area contributed by atoms with E-state index in [1.807, 2.05) is 13.0 Å². The normalized spacial score (nSPS) is 17.5. The Balaban J connectivity index is 2.61. The summed E-state index contributed by atoms with van der Waals surface area (Å²) >= 11 is 0. The average molecular weight is 576 g/mol. The lowest BCUT2D eigenvalue weighted by Crippen LogP contribution is -2.34. The molecule has 0 aromatic carbocycles. The Bertz CT molecular complexity index is 807. The van der Waals surface area contributed by atoms with E-state index in [0.29, 0.717) is 19.6 Å². The lowest BCUT2D eigenvalue weighted by atomic mass is 9.94. The standard InChI is InChI=1S/C34H57NO6/c1-5-9-11-13-15-16-17-19-21-30(36)23-28(24-33(38)40-22-20-18-14-12-10-6-2)25-34(39)41-31-26-29(7-3)35(27-31)32(37)8-4/h8,19,21,28-29,31H,4-7,9-18,20,22-27H2,1-3H3/b21-19-/t28?,29-,31-/m1/s1. The molecule has 0 bridgehead atoms. The molecule has 0 aromatic rings. The van der Waals surface area contributed by atoms with Crippen LogP contribution in [0.3, 0.4) is 0 Å². The van der Waals surface area contributed by atoms with Crippen molar-refractivity contribution in [2.45, 2.75) is 148 Å². The first-order valence-corrected chi connectivity index (χ1v) is 16.3. The fraction of sp³-hybridized carbons (Fsp3) is 0.765. The molecule has 1 saturated heterocycles. The van der Waals surface area contributed by atoms with Crippen LogP contribution in [0.15, 0.2) is 24.8 Å². The van der Waals surface area contributed by atoms with E-state index in [1.54, 1.807) is 11.0 Å². The minimum absolute atomic E-state index is 0.00408. The molecule has 1 aliphatic heterocycles. The highest BCUT2D eigenvalue weighted by Crippen LogP contribution is 2.25. The summed E-state index contributed by atoms with van der Waals surface area (Å²) in [7, 11) is 0. The van der Waals surface area contributed by atoms with Gasteiger partial charge in [-0.15, -0.1) is 0 Å². The fourth-order valence-corrected chi connectivity index (χ4v) is 5.39. The maximum absolute atomic E-state index is 12.9. The van der Waals surface area contributed by atoms with Gasteiger partial charge < -0.3 is 14.4 Å². The number of hydrogen-bond acceptors (Lipinski definition) is 6. The smallest absolute Gasteiger partial charge is 0.306 e. The van der Waals surface area contributed by atoms with Gasteiger partial charge in [0.25, 0.3) is 0 Å². The van der Waals surface area contributed by atoms with Crippen LogP contribution in [0.1, 0.15) is 136 Å². The molecule has 0 aliphatic carbocycles. The number of allylic oxidation sites excluding steroid dienone is 2. The first-order valence-electron chi connectivity index (χ1n) is 16.3. The van der Waals surface area contributed by atoms with Gasteiger partial charge in [-0.1, -0.05) is 97.6 Å². The van der Waals surface area contributed by atoms with Crippen molar-refractivity contribution in [3.8, 4) is 0 Å². The second-order valence-corrected chi connectivity index (χ2v) is 11.5. The van der Waals surface area contributed by atoms with Gasteiger partial charge in [0, 0.05) is 31.7 Å². The number of carbonyl (C=O) groups excluding carboxylic acids is 4. The summed E-state index contributed by atoms with van der Waals surface area (Å²) < 4.78 is 11.1. The van der Waals surface area contributed by atoms with Crippen molar-refractivity contribution in [2.24, 2.45) is 5.92 Å². The van der Waals surface area contributed by atoms with Crippen LogP contribution in [0, 0.1) is 5.92 Å². The Morgan fingerprint density at radius 1 is 0.829 bits per heavy atom. The zero-order valence-corrected chi connectivity index (χ0v) is 26.2. The molecule has 1 fully saturated rings. The summed E-state index contributed by atoms with van der Waals surface area (Å²) in [6.07, 6.45) is 20.4. The molecule has 1 aliphatic rings. The molecule has 1 unspecified atom stereocenters. The van der Waals surface area contributed by atoms with Crippen molar-refractivity contribution in [1.82, 2.24) is 4.90 Å². The van der Waals surface area contributed by atoms with Crippen LogP contribution in [0.4, 0.5) is 0 Å². The van der Waals surface area contributed by atoms with Crippen molar-refractivity contribution >= 4 is 23.6 Å². The van der Waals surface area contributed by atoms with E-state index < -0.39 is 18.0 Å². The van der Waals surface area contributed by atoms with Crippen molar-refractivity contribution in [3.05, 3.63) is 24.8 Å². The number of rotatable bonds is 24. The number of nitrogens with zero attached hydrogens (tertiary/aromatic N) is 1. The summed E-state index contributed by atoms with van der Waals surface area (Å²) in [5, 5.41) is 0. The summed E-state index contributed by atoms with van der Waals surface area (Å²) in [4.78, 5) is 52.0. The topological polar surface area (TPSA) is 90.0 Å². The van der Waals surface area contributed by atoms with Gasteiger partial charge in [0.2, 0.25) is 5.91 Å². The number of likely N-dealkylation sites (tertiary alicyclic amines) is 1. The van der Waals surface area contributed by atoms with E-state index in [-0.39, 0.29) is 43.0 Å². The van der Waals surface area contributed by atoms with Crippen LogP contribution in [-0.2, 0) is 28.7 Å². The van der Waals surface area contributed by atoms with E-state index >= 15 is 0 Å². The summed E-state index contributed by atoms with van der Waals surface area (Å²) in [6.45, 7) is 10.6. The van der Waals surface area contributed by atoms with Gasteiger partial charge in [-0.2, -0.15) is 0 Å². The van der Waals surface area contributed by atoms with Gasteiger partial charge >= 0.3 is 11.9 Å². The second kappa shape index (κ2) is 23.2. The number of esters is 2. The van der Waals surface area contributed by atoms with Crippen LogP contribution < -0.4 is 0 Å². The molecule has 7 heteroatoms. The van der Waals surface area contributed by atoms with Crippen molar-refractivity contribution in [2.75, 3.05) is 13.2 Å². The molecule has 234 valence electrons.